The average Bonchev–Trinajstić information content (AvgIpc) is 2.86. The summed E-state index contributed by atoms with van der Waals surface area (Å²) in [4.78, 5) is 14.5. The number of hydrogen-bond donors (Lipinski definition) is 1. The molecule has 0 atom stereocenters. The first-order chi connectivity index (χ1) is 17.1. The highest BCUT2D eigenvalue weighted by atomic mass is 16.5. The lowest BCUT2D eigenvalue weighted by Crippen LogP contribution is -2.38. The molecule has 5 rings (SSSR count). The number of rotatable bonds is 7. The van der Waals surface area contributed by atoms with E-state index < -0.39 is 0 Å². The molecule has 1 aromatic heterocycles. The van der Waals surface area contributed by atoms with Crippen molar-refractivity contribution in [2.75, 3.05) is 25.5 Å². The number of nitrogens with zero attached hydrogens (tertiary/aromatic N) is 1. The minimum Gasteiger partial charge on any atom is -0.497 e. The smallest absolute Gasteiger partial charge is 0.338 e. The summed E-state index contributed by atoms with van der Waals surface area (Å²) in [6.07, 6.45) is 2.02. The van der Waals surface area contributed by atoms with Crippen LogP contribution in [0, 0.1) is 6.92 Å². The van der Waals surface area contributed by atoms with Crippen LogP contribution in [-0.4, -0.2) is 31.1 Å². The molecule has 0 aliphatic carbocycles. The lowest BCUT2D eigenvalue weighted by atomic mass is 10.0. The Morgan fingerprint density at radius 2 is 1.71 bits per heavy atom. The minimum absolute atomic E-state index is 0.321. The third kappa shape index (κ3) is 5.66. The number of benzene rings is 3. The second-order valence-corrected chi connectivity index (χ2v) is 9.10. The van der Waals surface area contributed by atoms with Gasteiger partial charge in [0, 0.05) is 37.1 Å². The Balaban J connectivity index is 1.19. The summed E-state index contributed by atoms with van der Waals surface area (Å²) in [6, 6.07) is 23.7. The molecule has 180 valence electrons. The Labute approximate surface area is 205 Å². The molecule has 3 aromatic carbocycles. The zero-order valence-electron chi connectivity index (χ0n) is 20.1. The number of ether oxygens (including phenoxy) is 2. The summed E-state index contributed by atoms with van der Waals surface area (Å²) >= 11 is 0. The van der Waals surface area contributed by atoms with Gasteiger partial charge in [0.25, 0.3) is 0 Å². The molecule has 6 nitrogen and oxygen atoms in total. The number of hydrogen-bond acceptors (Lipinski definition) is 6. The van der Waals surface area contributed by atoms with Gasteiger partial charge in [0.1, 0.15) is 22.8 Å². The molecule has 1 aliphatic rings. The van der Waals surface area contributed by atoms with Crippen molar-refractivity contribution in [2.45, 2.75) is 32.4 Å². The van der Waals surface area contributed by atoms with Gasteiger partial charge in [-0.25, -0.2) is 4.79 Å². The summed E-state index contributed by atoms with van der Waals surface area (Å²) in [5, 5.41) is 4.56. The van der Waals surface area contributed by atoms with Crippen LogP contribution >= 0.6 is 0 Å². The minimum atomic E-state index is -0.321. The quantitative estimate of drug-likeness (QED) is 0.335. The molecule has 2 heterocycles. The molecule has 35 heavy (non-hydrogen) atoms. The SMILES string of the molecule is COc1ccc(Oc2cccc(CN3CCC(Nc4cc(=O)oc5ccc(C)cc45)CC3)c2)cc1. The summed E-state index contributed by atoms with van der Waals surface area (Å²) in [5.74, 6) is 2.42. The third-order valence-corrected chi connectivity index (χ3v) is 6.44. The third-order valence-electron chi connectivity index (χ3n) is 6.44. The van der Waals surface area contributed by atoms with Crippen molar-refractivity contribution in [3.05, 3.63) is 94.3 Å². The van der Waals surface area contributed by atoms with Gasteiger partial charge in [-0.2, -0.15) is 0 Å². The van der Waals surface area contributed by atoms with Crippen molar-refractivity contribution in [2.24, 2.45) is 0 Å². The zero-order valence-corrected chi connectivity index (χ0v) is 20.1. The number of methoxy groups -OCH3 is 1. The second kappa shape index (κ2) is 10.2. The van der Waals surface area contributed by atoms with Gasteiger partial charge in [-0.1, -0.05) is 23.8 Å². The maximum atomic E-state index is 12.0. The maximum absolute atomic E-state index is 12.0. The van der Waals surface area contributed by atoms with Gasteiger partial charge in [-0.15, -0.1) is 0 Å². The highest BCUT2D eigenvalue weighted by molar-refractivity contribution is 5.90. The Kier molecular flexibility index (Phi) is 6.73. The van der Waals surface area contributed by atoms with Crippen molar-refractivity contribution >= 4 is 16.7 Å². The fourth-order valence-corrected chi connectivity index (χ4v) is 4.60. The van der Waals surface area contributed by atoms with E-state index in [1.165, 1.54) is 5.56 Å². The molecular formula is C29H30N2O4. The van der Waals surface area contributed by atoms with Gasteiger partial charge in [0.2, 0.25) is 0 Å². The molecule has 1 fully saturated rings. The predicted octanol–water partition coefficient (Wildman–Crippen LogP) is 5.98. The number of nitrogens with one attached hydrogen (secondary N) is 1. The molecule has 6 heteroatoms. The first-order valence-corrected chi connectivity index (χ1v) is 12.0. The van der Waals surface area contributed by atoms with E-state index in [1.807, 2.05) is 55.5 Å². The Bertz CT molecular complexity index is 1360. The first kappa shape index (κ1) is 23.0. The van der Waals surface area contributed by atoms with E-state index in [1.54, 1.807) is 13.2 Å². The summed E-state index contributed by atoms with van der Waals surface area (Å²) in [6.45, 7) is 4.90. The van der Waals surface area contributed by atoms with Crippen LogP contribution in [0.3, 0.4) is 0 Å². The molecule has 0 saturated carbocycles. The topological polar surface area (TPSA) is 63.9 Å². The van der Waals surface area contributed by atoms with E-state index in [9.17, 15) is 4.79 Å². The van der Waals surface area contributed by atoms with Crippen LogP contribution < -0.4 is 20.4 Å². The van der Waals surface area contributed by atoms with E-state index in [0.717, 1.165) is 66.4 Å². The Morgan fingerprint density at radius 1 is 0.943 bits per heavy atom. The van der Waals surface area contributed by atoms with Crippen molar-refractivity contribution in [3.63, 3.8) is 0 Å². The average molecular weight is 471 g/mol. The van der Waals surface area contributed by atoms with Crippen molar-refractivity contribution in [3.8, 4) is 17.2 Å². The van der Waals surface area contributed by atoms with Gasteiger partial charge in [-0.3, -0.25) is 4.90 Å². The highest BCUT2D eigenvalue weighted by Gasteiger charge is 2.20. The monoisotopic (exact) mass is 470 g/mol. The van der Waals surface area contributed by atoms with Gasteiger partial charge in [0.15, 0.2) is 0 Å². The largest absolute Gasteiger partial charge is 0.497 e. The Morgan fingerprint density at radius 3 is 2.49 bits per heavy atom. The number of anilines is 1. The second-order valence-electron chi connectivity index (χ2n) is 9.10. The van der Waals surface area contributed by atoms with Crippen molar-refractivity contribution in [1.29, 1.82) is 0 Å². The van der Waals surface area contributed by atoms with Gasteiger partial charge in [-0.05, 0) is 73.9 Å². The summed E-state index contributed by atoms with van der Waals surface area (Å²) in [7, 11) is 1.65. The fraction of sp³-hybridized carbons (Fsp3) is 0.276. The summed E-state index contributed by atoms with van der Waals surface area (Å²) in [5.41, 5.74) is 3.53. The molecule has 0 bridgehead atoms. The molecule has 1 saturated heterocycles. The zero-order chi connectivity index (χ0) is 24.2. The van der Waals surface area contributed by atoms with Crippen molar-refractivity contribution in [1.82, 2.24) is 4.90 Å². The van der Waals surface area contributed by atoms with Crippen LogP contribution in [0.2, 0.25) is 0 Å². The van der Waals surface area contributed by atoms with Gasteiger partial charge >= 0.3 is 5.63 Å². The molecule has 1 aliphatic heterocycles. The van der Waals surface area contributed by atoms with Crippen molar-refractivity contribution < 1.29 is 13.9 Å². The molecule has 0 amide bonds. The number of likely N-dealkylation sites (tertiary alicyclic amines) is 1. The fourth-order valence-electron chi connectivity index (χ4n) is 4.60. The van der Waals surface area contributed by atoms with Crippen LogP contribution in [0.1, 0.15) is 24.0 Å². The van der Waals surface area contributed by atoms with E-state index in [-0.39, 0.29) is 5.63 Å². The lowest BCUT2D eigenvalue weighted by Gasteiger charge is -2.33. The van der Waals surface area contributed by atoms with E-state index in [2.05, 4.69) is 28.4 Å². The van der Waals surface area contributed by atoms with E-state index in [0.29, 0.717) is 11.6 Å². The first-order valence-electron chi connectivity index (χ1n) is 12.0. The van der Waals surface area contributed by atoms with E-state index >= 15 is 0 Å². The van der Waals surface area contributed by atoms with Crippen LogP contribution in [0.25, 0.3) is 11.0 Å². The number of aryl methyl sites for hydroxylation is 1. The molecule has 0 radical (unpaired) electrons. The van der Waals surface area contributed by atoms with Crippen LogP contribution in [0.4, 0.5) is 5.69 Å². The Hall–Kier alpha value is -3.77. The maximum Gasteiger partial charge on any atom is 0.338 e. The standard InChI is InChI=1S/C29H30N2O4/c1-20-6-11-28-26(16-20)27(18-29(32)35-28)30-22-12-14-31(15-13-22)19-21-4-3-5-25(17-21)34-24-9-7-23(33-2)8-10-24/h3-11,16-18,22,30H,12-15,19H2,1-2H3. The molecule has 1 N–H and O–H groups in total. The lowest BCUT2D eigenvalue weighted by molar-refractivity contribution is 0.211. The molecular weight excluding hydrogens is 440 g/mol. The van der Waals surface area contributed by atoms with Crippen LogP contribution in [-0.2, 0) is 6.54 Å². The van der Waals surface area contributed by atoms with Crippen LogP contribution in [0.5, 0.6) is 17.2 Å². The van der Waals surface area contributed by atoms with Gasteiger partial charge < -0.3 is 19.2 Å². The van der Waals surface area contributed by atoms with Crippen LogP contribution in [0.15, 0.2) is 82.0 Å². The summed E-state index contributed by atoms with van der Waals surface area (Å²) < 4.78 is 16.6. The predicted molar refractivity (Wildman–Crippen MR) is 139 cm³/mol. The molecule has 4 aromatic rings. The molecule has 0 spiro atoms. The number of fused-ring (bicyclic) bond motifs is 1. The van der Waals surface area contributed by atoms with E-state index in [4.69, 9.17) is 13.9 Å². The number of piperidine rings is 1. The van der Waals surface area contributed by atoms with Gasteiger partial charge in [0.05, 0.1) is 12.8 Å². The molecule has 0 unspecified atom stereocenters. The highest BCUT2D eigenvalue weighted by Crippen LogP contribution is 2.27. The normalized spacial score (nSPS) is 14.7.